The Balaban J connectivity index is 2.82. The molecule has 0 radical (unpaired) electrons. The molecule has 0 atom stereocenters. The Labute approximate surface area is 91.7 Å². The molecule has 2 rings (SSSR count). The maximum atomic E-state index is 9.61. The van der Waals surface area contributed by atoms with Crippen LogP contribution < -0.4 is 5.46 Å². The number of benzene rings is 2. The molecule has 3 N–H and O–H groups in total. The largest absolute Gasteiger partial charge is 0.507 e. The number of hydrogen-bond acceptors (Lipinski definition) is 3. The van der Waals surface area contributed by atoms with Crippen molar-refractivity contribution in [1.29, 1.82) is 0 Å². The Hall–Kier alpha value is -1.23. The minimum atomic E-state index is -1.73. The van der Waals surface area contributed by atoms with Crippen molar-refractivity contribution in [2.24, 2.45) is 0 Å². The topological polar surface area (TPSA) is 60.7 Å². The summed E-state index contributed by atoms with van der Waals surface area (Å²) in [6, 6.07) is 8.64. The van der Waals surface area contributed by atoms with Crippen LogP contribution in [0.5, 0.6) is 5.75 Å². The molecule has 0 fully saturated rings. The maximum Gasteiger partial charge on any atom is 0.492 e. The Kier molecular flexibility index (Phi) is 2.56. The van der Waals surface area contributed by atoms with Crippen LogP contribution in [0.1, 0.15) is 0 Å². The Morgan fingerprint density at radius 3 is 2.47 bits per heavy atom. The number of phenols is 1. The fourth-order valence-electron chi connectivity index (χ4n) is 1.51. The number of aromatic hydroxyl groups is 1. The first-order valence-corrected chi connectivity index (χ1v) is 4.75. The molecule has 0 aliphatic carbocycles. The van der Waals surface area contributed by atoms with Gasteiger partial charge in [0.1, 0.15) is 5.75 Å². The summed E-state index contributed by atoms with van der Waals surface area (Å²) >= 11 is 5.90. The summed E-state index contributed by atoms with van der Waals surface area (Å²) in [6.07, 6.45) is 0. The zero-order chi connectivity index (χ0) is 11.0. The van der Waals surface area contributed by atoms with Crippen molar-refractivity contribution in [2.75, 3.05) is 0 Å². The van der Waals surface area contributed by atoms with Crippen LogP contribution in [-0.2, 0) is 0 Å². The highest BCUT2D eigenvalue weighted by molar-refractivity contribution is 6.61. The predicted molar refractivity (Wildman–Crippen MR) is 60.4 cm³/mol. The molecule has 0 saturated heterocycles. The highest BCUT2D eigenvalue weighted by Gasteiger charge is 2.19. The van der Waals surface area contributed by atoms with Gasteiger partial charge >= 0.3 is 7.12 Å². The standard InChI is InChI=1S/C10H8BClO3/c12-9-7-4-2-1-3-6(7)5-8(10(9)13)11(14)15/h1-5,13-15H. The van der Waals surface area contributed by atoms with Crippen LogP contribution >= 0.6 is 11.6 Å². The molecule has 2 aromatic carbocycles. The van der Waals surface area contributed by atoms with Crippen LogP contribution in [-0.4, -0.2) is 22.3 Å². The molecule has 76 valence electrons. The first-order valence-electron chi connectivity index (χ1n) is 4.37. The molecule has 0 bridgehead atoms. The van der Waals surface area contributed by atoms with Crippen LogP contribution in [0.4, 0.5) is 0 Å². The minimum Gasteiger partial charge on any atom is -0.507 e. The van der Waals surface area contributed by atoms with Crippen LogP contribution in [0.25, 0.3) is 10.8 Å². The number of rotatable bonds is 1. The zero-order valence-corrected chi connectivity index (χ0v) is 8.44. The highest BCUT2D eigenvalue weighted by atomic mass is 35.5. The van der Waals surface area contributed by atoms with Crippen molar-refractivity contribution in [2.45, 2.75) is 0 Å². The third-order valence-corrected chi connectivity index (χ3v) is 2.65. The summed E-state index contributed by atoms with van der Waals surface area (Å²) in [6.45, 7) is 0. The molecule has 0 unspecified atom stereocenters. The molecule has 0 saturated carbocycles. The van der Waals surface area contributed by atoms with Crippen LogP contribution in [0.15, 0.2) is 30.3 Å². The molecular weight excluding hydrogens is 214 g/mol. The van der Waals surface area contributed by atoms with Crippen molar-refractivity contribution in [3.8, 4) is 5.75 Å². The lowest BCUT2D eigenvalue weighted by molar-refractivity contribution is 0.420. The predicted octanol–water partition coefficient (Wildman–Crippen LogP) is 0.879. The second-order valence-corrected chi connectivity index (χ2v) is 3.60. The van der Waals surface area contributed by atoms with E-state index in [9.17, 15) is 5.11 Å². The maximum absolute atomic E-state index is 9.61. The van der Waals surface area contributed by atoms with E-state index in [-0.39, 0.29) is 16.2 Å². The monoisotopic (exact) mass is 222 g/mol. The van der Waals surface area contributed by atoms with Crippen molar-refractivity contribution in [3.63, 3.8) is 0 Å². The SMILES string of the molecule is OB(O)c1cc2ccccc2c(Cl)c1O. The summed E-state index contributed by atoms with van der Waals surface area (Å²) in [4.78, 5) is 0. The summed E-state index contributed by atoms with van der Waals surface area (Å²) in [7, 11) is -1.73. The number of phenolic OH excluding ortho intramolecular Hbond substituents is 1. The Morgan fingerprint density at radius 1 is 1.13 bits per heavy atom. The second kappa shape index (κ2) is 3.74. The highest BCUT2D eigenvalue weighted by Crippen LogP contribution is 2.30. The van der Waals surface area contributed by atoms with Gasteiger partial charge in [0.25, 0.3) is 0 Å². The Bertz CT molecular complexity index is 513. The van der Waals surface area contributed by atoms with E-state index < -0.39 is 7.12 Å². The van der Waals surface area contributed by atoms with Crippen molar-refractivity contribution in [1.82, 2.24) is 0 Å². The van der Waals surface area contributed by atoms with Gasteiger partial charge in [0.05, 0.1) is 5.02 Å². The summed E-state index contributed by atoms with van der Waals surface area (Å²) in [5, 5.41) is 29.2. The smallest absolute Gasteiger partial charge is 0.492 e. The third kappa shape index (κ3) is 1.67. The van der Waals surface area contributed by atoms with Crippen LogP contribution in [0.3, 0.4) is 0 Å². The molecule has 0 heterocycles. The van der Waals surface area contributed by atoms with Gasteiger partial charge in [-0.25, -0.2) is 0 Å². The van der Waals surface area contributed by atoms with Gasteiger partial charge in [-0.1, -0.05) is 41.9 Å². The second-order valence-electron chi connectivity index (χ2n) is 3.22. The van der Waals surface area contributed by atoms with Crippen molar-refractivity contribution in [3.05, 3.63) is 35.4 Å². The molecule has 2 aromatic rings. The minimum absolute atomic E-state index is 0.0127. The molecule has 0 aliphatic rings. The number of fused-ring (bicyclic) bond motifs is 1. The van der Waals surface area contributed by atoms with Gasteiger partial charge < -0.3 is 15.2 Å². The van der Waals surface area contributed by atoms with E-state index in [1.54, 1.807) is 18.2 Å². The van der Waals surface area contributed by atoms with E-state index in [0.29, 0.717) is 5.39 Å². The molecule has 0 spiro atoms. The van der Waals surface area contributed by atoms with E-state index in [2.05, 4.69) is 0 Å². The van der Waals surface area contributed by atoms with E-state index in [0.717, 1.165) is 5.39 Å². The molecule has 3 nitrogen and oxygen atoms in total. The van der Waals surface area contributed by atoms with Gasteiger partial charge in [-0.05, 0) is 5.39 Å². The molecule has 0 amide bonds. The molecule has 0 aromatic heterocycles. The average Bonchev–Trinajstić information content (AvgIpc) is 2.23. The lowest BCUT2D eigenvalue weighted by atomic mass is 9.78. The van der Waals surface area contributed by atoms with E-state index in [1.165, 1.54) is 6.07 Å². The van der Waals surface area contributed by atoms with Gasteiger partial charge in [0, 0.05) is 10.8 Å². The van der Waals surface area contributed by atoms with Crippen LogP contribution in [0.2, 0.25) is 5.02 Å². The van der Waals surface area contributed by atoms with Crippen molar-refractivity contribution < 1.29 is 15.2 Å². The summed E-state index contributed by atoms with van der Waals surface area (Å²) in [5.74, 6) is -0.287. The van der Waals surface area contributed by atoms with E-state index >= 15 is 0 Å². The number of halogens is 1. The first-order chi connectivity index (χ1) is 7.11. The van der Waals surface area contributed by atoms with Crippen molar-refractivity contribution >= 4 is 35.0 Å². The lowest BCUT2D eigenvalue weighted by Gasteiger charge is -2.08. The average molecular weight is 222 g/mol. The number of hydrogen-bond donors (Lipinski definition) is 3. The summed E-state index contributed by atoms with van der Waals surface area (Å²) in [5.41, 5.74) is 0.0127. The van der Waals surface area contributed by atoms with Crippen LogP contribution in [0, 0.1) is 0 Å². The fraction of sp³-hybridized carbons (Fsp3) is 0. The lowest BCUT2D eigenvalue weighted by Crippen LogP contribution is -2.30. The molecule has 0 aliphatic heterocycles. The van der Waals surface area contributed by atoms with Gasteiger partial charge in [-0.15, -0.1) is 0 Å². The van der Waals surface area contributed by atoms with Gasteiger partial charge in [0.15, 0.2) is 0 Å². The quantitative estimate of drug-likeness (QED) is 0.628. The van der Waals surface area contributed by atoms with E-state index in [1.807, 2.05) is 6.07 Å². The molecule has 15 heavy (non-hydrogen) atoms. The fourth-order valence-corrected chi connectivity index (χ4v) is 1.79. The van der Waals surface area contributed by atoms with Gasteiger partial charge in [0.2, 0.25) is 0 Å². The molecular formula is C10H8BClO3. The normalized spacial score (nSPS) is 10.6. The zero-order valence-electron chi connectivity index (χ0n) is 7.68. The van der Waals surface area contributed by atoms with E-state index in [4.69, 9.17) is 21.6 Å². The third-order valence-electron chi connectivity index (χ3n) is 2.27. The van der Waals surface area contributed by atoms with Gasteiger partial charge in [-0.3, -0.25) is 0 Å². The molecule has 5 heteroatoms. The van der Waals surface area contributed by atoms with Gasteiger partial charge in [-0.2, -0.15) is 0 Å². The first kappa shape index (κ1) is 10.3. The summed E-state index contributed by atoms with van der Waals surface area (Å²) < 4.78 is 0. The Morgan fingerprint density at radius 2 is 1.80 bits per heavy atom.